The largest absolute Gasteiger partial charge is 0.368 e. The second-order valence-electron chi connectivity index (χ2n) is 5.32. The van der Waals surface area contributed by atoms with Crippen LogP contribution in [0.4, 0.5) is 17.5 Å². The molecule has 0 radical (unpaired) electrons. The van der Waals surface area contributed by atoms with E-state index in [1.54, 1.807) is 6.20 Å². The number of nitrogens with one attached hydrogen (secondary N) is 2. The molecule has 2 aromatic carbocycles. The molecule has 2 N–H and O–H groups in total. The third-order valence-corrected chi connectivity index (χ3v) is 3.40. The zero-order chi connectivity index (χ0) is 15.9. The maximum Gasteiger partial charge on any atom is 0.249 e. The molecule has 3 rings (SSSR count). The minimum atomic E-state index is 0.486. The van der Waals surface area contributed by atoms with Crippen molar-refractivity contribution < 1.29 is 0 Å². The molecule has 0 saturated heterocycles. The Kier molecular flexibility index (Phi) is 4.79. The van der Waals surface area contributed by atoms with Gasteiger partial charge in [0.25, 0.3) is 0 Å². The number of hydrogen-bond donors (Lipinski definition) is 2. The second kappa shape index (κ2) is 7.35. The quantitative estimate of drug-likeness (QED) is 0.729. The summed E-state index contributed by atoms with van der Waals surface area (Å²) >= 11 is 0. The van der Waals surface area contributed by atoms with Crippen molar-refractivity contribution in [2.24, 2.45) is 0 Å². The Labute approximate surface area is 135 Å². The van der Waals surface area contributed by atoms with Crippen molar-refractivity contribution >= 4 is 17.5 Å². The van der Waals surface area contributed by atoms with Gasteiger partial charge < -0.3 is 10.6 Å². The molecule has 0 atom stereocenters. The first kappa shape index (κ1) is 15.0. The minimum absolute atomic E-state index is 0.486. The van der Waals surface area contributed by atoms with Crippen molar-refractivity contribution in [3.05, 3.63) is 71.9 Å². The number of anilines is 3. The van der Waals surface area contributed by atoms with Crippen LogP contribution in [0.15, 0.2) is 60.8 Å². The molecule has 0 unspecified atom stereocenters. The minimum Gasteiger partial charge on any atom is -0.368 e. The molecule has 0 amide bonds. The first-order valence-electron chi connectivity index (χ1n) is 7.61. The molecule has 0 aliphatic carbocycles. The SMILES string of the molecule is Cc1cccc(Nc2nncc(NCCc3ccccc3)n2)c1. The van der Waals surface area contributed by atoms with Crippen molar-refractivity contribution in [2.45, 2.75) is 13.3 Å². The molecule has 116 valence electrons. The van der Waals surface area contributed by atoms with Crippen molar-refractivity contribution in [1.82, 2.24) is 15.2 Å². The van der Waals surface area contributed by atoms with Gasteiger partial charge in [-0.1, -0.05) is 42.5 Å². The lowest BCUT2D eigenvalue weighted by Crippen LogP contribution is -2.08. The van der Waals surface area contributed by atoms with E-state index in [1.807, 2.05) is 49.4 Å². The highest BCUT2D eigenvalue weighted by Crippen LogP contribution is 2.14. The number of hydrogen-bond acceptors (Lipinski definition) is 5. The molecule has 0 saturated carbocycles. The average molecular weight is 305 g/mol. The van der Waals surface area contributed by atoms with Crippen LogP contribution in [0.2, 0.25) is 0 Å². The number of nitrogens with zero attached hydrogens (tertiary/aromatic N) is 3. The molecule has 5 heteroatoms. The normalized spacial score (nSPS) is 10.3. The Morgan fingerprint density at radius 3 is 2.70 bits per heavy atom. The first-order valence-corrected chi connectivity index (χ1v) is 7.61. The lowest BCUT2D eigenvalue weighted by atomic mass is 10.1. The van der Waals surface area contributed by atoms with E-state index in [9.17, 15) is 0 Å². The summed E-state index contributed by atoms with van der Waals surface area (Å²) in [5, 5.41) is 14.5. The van der Waals surface area contributed by atoms with Crippen LogP contribution in [-0.2, 0) is 6.42 Å². The summed E-state index contributed by atoms with van der Waals surface area (Å²) in [6.07, 6.45) is 2.57. The Morgan fingerprint density at radius 2 is 1.87 bits per heavy atom. The van der Waals surface area contributed by atoms with Crippen molar-refractivity contribution in [1.29, 1.82) is 0 Å². The predicted octanol–water partition coefficient (Wildman–Crippen LogP) is 3.58. The highest BCUT2D eigenvalue weighted by Gasteiger charge is 2.01. The monoisotopic (exact) mass is 305 g/mol. The fraction of sp³-hybridized carbons (Fsp3) is 0.167. The van der Waals surface area contributed by atoms with Crippen molar-refractivity contribution in [3.63, 3.8) is 0 Å². The smallest absolute Gasteiger partial charge is 0.249 e. The van der Waals surface area contributed by atoms with Crippen molar-refractivity contribution in [3.8, 4) is 0 Å². The fourth-order valence-electron chi connectivity index (χ4n) is 2.27. The van der Waals surface area contributed by atoms with Crippen LogP contribution in [0.1, 0.15) is 11.1 Å². The predicted molar refractivity (Wildman–Crippen MR) is 92.9 cm³/mol. The van der Waals surface area contributed by atoms with Gasteiger partial charge in [0.1, 0.15) is 0 Å². The Morgan fingerprint density at radius 1 is 1.00 bits per heavy atom. The molecule has 0 aliphatic heterocycles. The molecule has 3 aromatic rings. The summed E-state index contributed by atoms with van der Waals surface area (Å²) in [6, 6.07) is 18.4. The Hall–Kier alpha value is -2.95. The molecule has 1 aromatic heterocycles. The summed E-state index contributed by atoms with van der Waals surface area (Å²) in [5.41, 5.74) is 3.42. The molecule has 0 fully saturated rings. The maximum atomic E-state index is 4.43. The van der Waals surface area contributed by atoms with Gasteiger partial charge in [-0.3, -0.25) is 0 Å². The van der Waals surface area contributed by atoms with Gasteiger partial charge in [0, 0.05) is 12.2 Å². The zero-order valence-corrected chi connectivity index (χ0v) is 13.0. The molecular weight excluding hydrogens is 286 g/mol. The topological polar surface area (TPSA) is 62.7 Å². The van der Waals surface area contributed by atoms with Crippen molar-refractivity contribution in [2.75, 3.05) is 17.2 Å². The van der Waals surface area contributed by atoms with Gasteiger partial charge in [0.05, 0.1) is 6.20 Å². The highest BCUT2D eigenvalue weighted by molar-refractivity contribution is 5.55. The lowest BCUT2D eigenvalue weighted by Gasteiger charge is -2.08. The zero-order valence-electron chi connectivity index (χ0n) is 13.0. The molecule has 1 heterocycles. The number of benzene rings is 2. The number of rotatable bonds is 6. The van der Waals surface area contributed by atoms with Crippen LogP contribution >= 0.6 is 0 Å². The molecule has 23 heavy (non-hydrogen) atoms. The molecule has 0 aliphatic rings. The lowest BCUT2D eigenvalue weighted by molar-refractivity contribution is 0.950. The van der Waals surface area contributed by atoms with E-state index in [0.29, 0.717) is 11.8 Å². The second-order valence-corrected chi connectivity index (χ2v) is 5.32. The van der Waals surface area contributed by atoms with Crippen LogP contribution in [0, 0.1) is 6.92 Å². The van der Waals surface area contributed by atoms with Gasteiger partial charge >= 0.3 is 0 Å². The maximum absolute atomic E-state index is 4.43. The molecule has 0 bridgehead atoms. The van der Waals surface area contributed by atoms with E-state index < -0.39 is 0 Å². The molecule has 0 spiro atoms. The summed E-state index contributed by atoms with van der Waals surface area (Å²) in [6.45, 7) is 2.85. The van der Waals surface area contributed by atoms with E-state index in [-0.39, 0.29) is 0 Å². The van der Waals surface area contributed by atoms with E-state index in [0.717, 1.165) is 18.7 Å². The van der Waals surface area contributed by atoms with Gasteiger partial charge in [-0.25, -0.2) is 0 Å². The van der Waals surface area contributed by atoms with Crippen LogP contribution in [0.25, 0.3) is 0 Å². The summed E-state index contributed by atoms with van der Waals surface area (Å²) in [7, 11) is 0. The number of aromatic nitrogens is 3. The summed E-state index contributed by atoms with van der Waals surface area (Å²) < 4.78 is 0. The highest BCUT2D eigenvalue weighted by atomic mass is 15.3. The molecule has 5 nitrogen and oxygen atoms in total. The van der Waals surface area contributed by atoms with Crippen LogP contribution in [0.5, 0.6) is 0 Å². The van der Waals surface area contributed by atoms with E-state index >= 15 is 0 Å². The molecular formula is C18H19N5. The summed E-state index contributed by atoms with van der Waals surface area (Å²) in [4.78, 5) is 4.43. The third kappa shape index (κ3) is 4.51. The van der Waals surface area contributed by atoms with Gasteiger partial charge in [-0.05, 0) is 36.6 Å². The Bertz CT molecular complexity index is 758. The van der Waals surface area contributed by atoms with Gasteiger partial charge in [-0.15, -0.1) is 5.10 Å². The van der Waals surface area contributed by atoms with Gasteiger partial charge in [0.15, 0.2) is 5.82 Å². The van der Waals surface area contributed by atoms with Crippen LogP contribution in [-0.4, -0.2) is 21.7 Å². The third-order valence-electron chi connectivity index (χ3n) is 3.40. The Balaban J connectivity index is 1.59. The van der Waals surface area contributed by atoms with E-state index in [2.05, 4.69) is 37.9 Å². The van der Waals surface area contributed by atoms with Crippen LogP contribution in [0.3, 0.4) is 0 Å². The number of aryl methyl sites for hydroxylation is 1. The van der Waals surface area contributed by atoms with E-state index in [1.165, 1.54) is 11.1 Å². The first-order chi connectivity index (χ1) is 11.3. The fourth-order valence-corrected chi connectivity index (χ4v) is 2.27. The standard InChI is InChI=1S/C18H19N5/c1-14-6-5-9-16(12-14)21-18-22-17(13-20-23-18)19-11-10-15-7-3-2-4-8-15/h2-9,12-13H,10-11H2,1H3,(H2,19,21,22,23). The van der Waals surface area contributed by atoms with Gasteiger partial charge in [-0.2, -0.15) is 10.1 Å². The van der Waals surface area contributed by atoms with E-state index in [4.69, 9.17) is 0 Å². The van der Waals surface area contributed by atoms with Crippen LogP contribution < -0.4 is 10.6 Å². The summed E-state index contributed by atoms with van der Waals surface area (Å²) in [5.74, 6) is 1.20. The van der Waals surface area contributed by atoms with Gasteiger partial charge in [0.2, 0.25) is 5.95 Å². The average Bonchev–Trinajstić information content (AvgIpc) is 2.56.